The first-order valence-electron chi connectivity index (χ1n) is 5.41. The van der Waals surface area contributed by atoms with Crippen molar-refractivity contribution in [2.45, 2.75) is 31.6 Å². The summed E-state index contributed by atoms with van der Waals surface area (Å²) < 4.78 is 5.47. The highest BCUT2D eigenvalue weighted by molar-refractivity contribution is 6.29. The molecular formula is C13H17ClO3. The fourth-order valence-corrected chi connectivity index (χ4v) is 1.51. The molecule has 0 radical (unpaired) electrons. The molecule has 0 heterocycles. The number of alkyl halides is 1. The van der Waals surface area contributed by atoms with E-state index in [9.17, 15) is 4.79 Å². The zero-order valence-electron chi connectivity index (χ0n) is 10.2. The molecular weight excluding hydrogens is 240 g/mol. The average Bonchev–Trinajstić information content (AvgIpc) is 2.24. The lowest BCUT2D eigenvalue weighted by atomic mass is 9.86. The highest BCUT2D eigenvalue weighted by Crippen LogP contribution is 2.31. The van der Waals surface area contributed by atoms with Gasteiger partial charge in [0.1, 0.15) is 12.4 Å². The molecule has 1 aromatic carbocycles. The molecule has 0 fully saturated rings. The number of hydrogen-bond donors (Lipinski definition) is 1. The van der Waals surface area contributed by atoms with Crippen LogP contribution in [0.4, 0.5) is 0 Å². The predicted molar refractivity (Wildman–Crippen MR) is 67.9 cm³/mol. The van der Waals surface area contributed by atoms with Gasteiger partial charge in [0.25, 0.3) is 0 Å². The van der Waals surface area contributed by atoms with E-state index in [-0.39, 0.29) is 12.0 Å². The third-order valence-electron chi connectivity index (χ3n) is 2.35. The number of carboxylic acid groups (broad SMARTS) is 1. The normalized spacial score (nSPS) is 13.2. The van der Waals surface area contributed by atoms with Gasteiger partial charge in [-0.3, -0.25) is 4.79 Å². The van der Waals surface area contributed by atoms with Crippen LogP contribution in [0.5, 0.6) is 5.75 Å². The Bertz CT molecular complexity index is 396. The fraction of sp³-hybridized carbons (Fsp3) is 0.462. The van der Waals surface area contributed by atoms with Gasteiger partial charge in [0.15, 0.2) is 5.38 Å². The Hall–Kier alpha value is -1.22. The Morgan fingerprint density at radius 1 is 1.41 bits per heavy atom. The number of benzene rings is 1. The van der Waals surface area contributed by atoms with Gasteiger partial charge in [-0.1, -0.05) is 39.0 Å². The fourth-order valence-electron chi connectivity index (χ4n) is 1.45. The minimum absolute atomic E-state index is 0.0377. The molecule has 0 aliphatic rings. The summed E-state index contributed by atoms with van der Waals surface area (Å²) in [5.74, 6) is -0.383. The molecule has 0 amide bonds. The van der Waals surface area contributed by atoms with Crippen LogP contribution < -0.4 is 4.74 Å². The molecule has 1 N–H and O–H groups in total. The maximum Gasteiger partial charge on any atom is 0.325 e. The Labute approximate surface area is 106 Å². The van der Waals surface area contributed by atoms with Crippen molar-refractivity contribution in [3.63, 3.8) is 0 Å². The van der Waals surface area contributed by atoms with Crippen LogP contribution in [-0.4, -0.2) is 23.1 Å². The molecule has 0 aliphatic heterocycles. The van der Waals surface area contributed by atoms with Crippen LogP contribution >= 0.6 is 11.6 Å². The number of carboxylic acids is 1. The van der Waals surface area contributed by atoms with Crippen LogP contribution in [0.3, 0.4) is 0 Å². The lowest BCUT2D eigenvalue weighted by molar-refractivity contribution is -0.137. The summed E-state index contributed by atoms with van der Waals surface area (Å²) in [4.78, 5) is 10.6. The number of aliphatic carboxylic acids is 1. The van der Waals surface area contributed by atoms with Crippen molar-refractivity contribution in [1.82, 2.24) is 0 Å². The molecule has 1 aromatic rings. The quantitative estimate of drug-likeness (QED) is 0.843. The van der Waals surface area contributed by atoms with Crippen molar-refractivity contribution in [2.75, 3.05) is 6.61 Å². The van der Waals surface area contributed by atoms with Crippen LogP contribution in [0, 0.1) is 0 Å². The molecule has 3 nitrogen and oxygen atoms in total. The van der Waals surface area contributed by atoms with E-state index in [0.29, 0.717) is 5.75 Å². The van der Waals surface area contributed by atoms with E-state index in [1.807, 2.05) is 24.3 Å². The van der Waals surface area contributed by atoms with E-state index in [1.54, 1.807) is 0 Å². The highest BCUT2D eigenvalue weighted by atomic mass is 35.5. The number of rotatable bonds is 4. The van der Waals surface area contributed by atoms with Gasteiger partial charge >= 0.3 is 5.97 Å². The van der Waals surface area contributed by atoms with Gasteiger partial charge in [0, 0.05) is 0 Å². The molecule has 0 saturated heterocycles. The standard InChI is InChI=1S/C13H17ClO3/c1-13(2,3)9-6-4-5-7-11(9)17-8-10(14)12(15)16/h4-7,10H,8H2,1-3H3,(H,15,16). The Morgan fingerprint density at radius 2 is 2.00 bits per heavy atom. The van der Waals surface area contributed by atoms with E-state index in [0.717, 1.165) is 5.56 Å². The van der Waals surface area contributed by atoms with Crippen molar-refractivity contribution in [2.24, 2.45) is 0 Å². The summed E-state index contributed by atoms with van der Waals surface area (Å²) >= 11 is 5.61. The van der Waals surface area contributed by atoms with E-state index >= 15 is 0 Å². The van der Waals surface area contributed by atoms with Crippen molar-refractivity contribution in [3.8, 4) is 5.75 Å². The third-order valence-corrected chi connectivity index (χ3v) is 2.66. The zero-order chi connectivity index (χ0) is 13.1. The molecule has 0 aromatic heterocycles. The first-order chi connectivity index (χ1) is 7.82. The Morgan fingerprint density at radius 3 is 2.53 bits per heavy atom. The van der Waals surface area contributed by atoms with Crippen LogP contribution in [0.25, 0.3) is 0 Å². The minimum atomic E-state index is -1.07. The first-order valence-corrected chi connectivity index (χ1v) is 5.85. The molecule has 0 spiro atoms. The largest absolute Gasteiger partial charge is 0.491 e. The molecule has 1 rings (SSSR count). The van der Waals surface area contributed by atoms with E-state index in [2.05, 4.69) is 20.8 Å². The number of para-hydroxylation sites is 1. The van der Waals surface area contributed by atoms with Gasteiger partial charge in [0.05, 0.1) is 0 Å². The van der Waals surface area contributed by atoms with Gasteiger partial charge in [-0.05, 0) is 17.0 Å². The topological polar surface area (TPSA) is 46.5 Å². The molecule has 17 heavy (non-hydrogen) atoms. The second kappa shape index (κ2) is 5.41. The molecule has 0 bridgehead atoms. The van der Waals surface area contributed by atoms with Crippen LogP contribution in [0.2, 0.25) is 0 Å². The minimum Gasteiger partial charge on any atom is -0.491 e. The maximum atomic E-state index is 10.6. The SMILES string of the molecule is CC(C)(C)c1ccccc1OCC(Cl)C(=O)O. The zero-order valence-corrected chi connectivity index (χ0v) is 11.0. The Balaban J connectivity index is 2.81. The summed E-state index contributed by atoms with van der Waals surface area (Å²) in [6.07, 6.45) is 0. The first kappa shape index (κ1) is 13.8. The molecule has 94 valence electrons. The number of carbonyl (C=O) groups is 1. The average molecular weight is 257 g/mol. The summed E-state index contributed by atoms with van der Waals surface area (Å²) in [6.45, 7) is 6.18. The predicted octanol–water partition coefficient (Wildman–Crippen LogP) is 3.05. The second-order valence-electron chi connectivity index (χ2n) is 4.86. The number of hydrogen-bond acceptors (Lipinski definition) is 2. The van der Waals surface area contributed by atoms with E-state index < -0.39 is 11.3 Å². The molecule has 0 saturated carbocycles. The summed E-state index contributed by atoms with van der Waals surface area (Å²) in [5, 5.41) is 7.65. The van der Waals surface area contributed by atoms with Gasteiger partial charge < -0.3 is 9.84 Å². The van der Waals surface area contributed by atoms with Crippen molar-refractivity contribution < 1.29 is 14.6 Å². The smallest absolute Gasteiger partial charge is 0.325 e. The number of halogens is 1. The van der Waals surface area contributed by atoms with Gasteiger partial charge in [-0.25, -0.2) is 0 Å². The van der Waals surface area contributed by atoms with Gasteiger partial charge in [0.2, 0.25) is 0 Å². The van der Waals surface area contributed by atoms with Crippen LogP contribution in [0.1, 0.15) is 26.3 Å². The van der Waals surface area contributed by atoms with Crippen LogP contribution in [0.15, 0.2) is 24.3 Å². The monoisotopic (exact) mass is 256 g/mol. The number of ether oxygens (including phenoxy) is 1. The van der Waals surface area contributed by atoms with Crippen molar-refractivity contribution in [1.29, 1.82) is 0 Å². The molecule has 1 unspecified atom stereocenters. The van der Waals surface area contributed by atoms with Crippen molar-refractivity contribution >= 4 is 17.6 Å². The lowest BCUT2D eigenvalue weighted by Gasteiger charge is -2.22. The van der Waals surface area contributed by atoms with Crippen LogP contribution in [-0.2, 0) is 10.2 Å². The Kier molecular flexibility index (Phi) is 4.40. The van der Waals surface area contributed by atoms with E-state index in [1.165, 1.54) is 0 Å². The van der Waals surface area contributed by atoms with Crippen molar-refractivity contribution in [3.05, 3.63) is 29.8 Å². The molecule has 0 aliphatic carbocycles. The second-order valence-corrected chi connectivity index (χ2v) is 5.39. The lowest BCUT2D eigenvalue weighted by Crippen LogP contribution is -2.23. The summed E-state index contributed by atoms with van der Waals surface area (Å²) in [7, 11) is 0. The third kappa shape index (κ3) is 3.93. The highest BCUT2D eigenvalue weighted by Gasteiger charge is 2.20. The summed E-state index contributed by atoms with van der Waals surface area (Å²) in [6, 6.07) is 7.59. The summed E-state index contributed by atoms with van der Waals surface area (Å²) in [5.41, 5.74) is 0.982. The van der Waals surface area contributed by atoms with E-state index in [4.69, 9.17) is 21.4 Å². The van der Waals surface area contributed by atoms with Gasteiger partial charge in [-0.2, -0.15) is 0 Å². The maximum absolute atomic E-state index is 10.6. The van der Waals surface area contributed by atoms with Gasteiger partial charge in [-0.15, -0.1) is 11.6 Å². The molecule has 1 atom stereocenters. The molecule has 4 heteroatoms.